The molecule has 1 aliphatic rings. The van der Waals surface area contributed by atoms with Crippen molar-refractivity contribution in [1.82, 2.24) is 15.1 Å². The second-order valence-corrected chi connectivity index (χ2v) is 6.62. The van der Waals surface area contributed by atoms with Gasteiger partial charge in [0.15, 0.2) is 0 Å². The number of nitrogens with two attached hydrogens (primary N) is 1. The lowest BCUT2D eigenvalue weighted by Gasteiger charge is -2.15. The Morgan fingerprint density at radius 3 is 2.90 bits per heavy atom. The maximum Gasteiger partial charge on any atom is 0.257 e. The normalized spacial score (nSPS) is 18.1. The largest absolute Gasteiger partial charge is 0.369 e. The molecule has 3 heterocycles. The summed E-state index contributed by atoms with van der Waals surface area (Å²) in [6.45, 7) is 0.895. The van der Waals surface area contributed by atoms with Gasteiger partial charge >= 0.3 is 0 Å². The zero-order chi connectivity index (χ0) is 15.0. The predicted molar refractivity (Wildman–Crippen MR) is 80.1 cm³/mol. The number of thiophene rings is 1. The van der Waals surface area contributed by atoms with Crippen LogP contribution in [0.15, 0.2) is 18.3 Å². The Kier molecular flexibility index (Phi) is 3.69. The first-order valence-electron chi connectivity index (χ1n) is 6.44. The Balaban J connectivity index is 1.84. The summed E-state index contributed by atoms with van der Waals surface area (Å²) in [4.78, 5) is 26.3. The van der Waals surface area contributed by atoms with Crippen molar-refractivity contribution in [2.45, 2.75) is 6.42 Å². The van der Waals surface area contributed by atoms with Crippen molar-refractivity contribution >= 4 is 34.8 Å². The van der Waals surface area contributed by atoms with Crippen molar-refractivity contribution < 1.29 is 9.59 Å². The quantitative estimate of drug-likeness (QED) is 0.900. The number of nitrogens with one attached hydrogen (secondary N) is 1. The fraction of sp³-hybridized carbons (Fsp3) is 0.308. The SMILES string of the molecule is NC(=O)C1CCN(C(=O)c2cn[nH]c2-c2ccc(Cl)s2)C1. The molecule has 0 aromatic carbocycles. The van der Waals surface area contributed by atoms with Crippen LogP contribution < -0.4 is 5.73 Å². The molecule has 21 heavy (non-hydrogen) atoms. The van der Waals surface area contributed by atoms with Crippen molar-refractivity contribution in [2.24, 2.45) is 11.7 Å². The topological polar surface area (TPSA) is 92.1 Å². The number of rotatable bonds is 3. The van der Waals surface area contributed by atoms with E-state index in [-0.39, 0.29) is 17.7 Å². The fourth-order valence-corrected chi connectivity index (χ4v) is 3.48. The summed E-state index contributed by atoms with van der Waals surface area (Å²) in [6, 6.07) is 3.61. The smallest absolute Gasteiger partial charge is 0.257 e. The van der Waals surface area contributed by atoms with Crippen LogP contribution in [-0.4, -0.2) is 40.0 Å². The van der Waals surface area contributed by atoms with E-state index in [0.717, 1.165) is 4.88 Å². The van der Waals surface area contributed by atoms with Gasteiger partial charge in [-0.2, -0.15) is 5.10 Å². The molecule has 1 aliphatic heterocycles. The molecule has 2 aromatic rings. The van der Waals surface area contributed by atoms with Gasteiger partial charge < -0.3 is 10.6 Å². The molecule has 2 amide bonds. The standard InChI is InChI=1S/C13H13ClN4O2S/c14-10-2-1-9(21-10)11-8(5-16-17-11)13(20)18-4-3-7(6-18)12(15)19/h1-2,5,7H,3-4,6H2,(H2,15,19)(H,16,17). The number of halogens is 1. The molecule has 0 bridgehead atoms. The van der Waals surface area contributed by atoms with Gasteiger partial charge in [0.05, 0.1) is 32.6 Å². The van der Waals surface area contributed by atoms with E-state index in [4.69, 9.17) is 17.3 Å². The van der Waals surface area contributed by atoms with E-state index in [0.29, 0.717) is 35.1 Å². The van der Waals surface area contributed by atoms with E-state index >= 15 is 0 Å². The Bertz CT molecular complexity index is 696. The van der Waals surface area contributed by atoms with Crippen LogP contribution in [0.5, 0.6) is 0 Å². The zero-order valence-electron chi connectivity index (χ0n) is 11.0. The Hall–Kier alpha value is -1.86. The summed E-state index contributed by atoms with van der Waals surface area (Å²) in [5.41, 5.74) is 6.43. The molecule has 1 saturated heterocycles. The number of aromatic amines is 1. The first kappa shape index (κ1) is 14.1. The molecule has 0 saturated carbocycles. The van der Waals surface area contributed by atoms with Crippen LogP contribution in [0.25, 0.3) is 10.6 Å². The van der Waals surface area contributed by atoms with Gasteiger partial charge in [-0.25, -0.2) is 0 Å². The van der Waals surface area contributed by atoms with Gasteiger partial charge in [-0.15, -0.1) is 11.3 Å². The Morgan fingerprint density at radius 2 is 2.29 bits per heavy atom. The second kappa shape index (κ2) is 5.50. The minimum absolute atomic E-state index is 0.146. The van der Waals surface area contributed by atoms with Crippen LogP contribution in [0.2, 0.25) is 4.34 Å². The third-order valence-electron chi connectivity index (χ3n) is 3.57. The van der Waals surface area contributed by atoms with Crippen molar-refractivity contribution in [3.8, 4) is 10.6 Å². The van der Waals surface area contributed by atoms with Crippen LogP contribution in [0.1, 0.15) is 16.8 Å². The van der Waals surface area contributed by atoms with Gasteiger partial charge in [0, 0.05) is 13.1 Å². The number of aromatic nitrogens is 2. The lowest BCUT2D eigenvalue weighted by atomic mass is 10.1. The van der Waals surface area contributed by atoms with E-state index < -0.39 is 0 Å². The van der Waals surface area contributed by atoms with Crippen LogP contribution in [-0.2, 0) is 4.79 Å². The van der Waals surface area contributed by atoms with Crippen LogP contribution >= 0.6 is 22.9 Å². The third kappa shape index (κ3) is 2.66. The van der Waals surface area contributed by atoms with Crippen molar-refractivity contribution in [3.05, 3.63) is 28.2 Å². The number of primary amides is 1. The van der Waals surface area contributed by atoms with Crippen molar-refractivity contribution in [1.29, 1.82) is 0 Å². The number of hydrogen-bond donors (Lipinski definition) is 2. The van der Waals surface area contributed by atoms with Crippen LogP contribution in [0.3, 0.4) is 0 Å². The van der Waals surface area contributed by atoms with Gasteiger partial charge in [-0.3, -0.25) is 14.7 Å². The molecule has 2 aromatic heterocycles. The van der Waals surface area contributed by atoms with Gasteiger partial charge in [-0.05, 0) is 18.6 Å². The molecular formula is C13H13ClN4O2S. The average molecular weight is 325 g/mol. The summed E-state index contributed by atoms with van der Waals surface area (Å²) in [6.07, 6.45) is 2.11. The lowest BCUT2D eigenvalue weighted by Crippen LogP contribution is -2.31. The molecule has 0 radical (unpaired) electrons. The first-order valence-corrected chi connectivity index (χ1v) is 7.63. The molecule has 0 spiro atoms. The highest BCUT2D eigenvalue weighted by atomic mass is 35.5. The van der Waals surface area contributed by atoms with Gasteiger partial charge in [0.2, 0.25) is 5.91 Å². The fourth-order valence-electron chi connectivity index (χ4n) is 2.43. The molecule has 3 N–H and O–H groups in total. The maximum absolute atomic E-state index is 12.6. The number of hydrogen-bond acceptors (Lipinski definition) is 4. The van der Waals surface area contributed by atoms with Gasteiger partial charge in [-0.1, -0.05) is 11.6 Å². The highest BCUT2D eigenvalue weighted by molar-refractivity contribution is 7.19. The summed E-state index contributed by atoms with van der Waals surface area (Å²) >= 11 is 7.30. The van der Waals surface area contributed by atoms with Crippen LogP contribution in [0, 0.1) is 5.92 Å². The number of carbonyl (C=O) groups is 2. The van der Waals surface area contributed by atoms with Crippen LogP contribution in [0.4, 0.5) is 0 Å². The molecule has 6 nitrogen and oxygen atoms in total. The Labute approximate surface area is 129 Å². The summed E-state index contributed by atoms with van der Waals surface area (Å²) in [5.74, 6) is -0.768. The number of likely N-dealkylation sites (tertiary alicyclic amines) is 1. The summed E-state index contributed by atoms with van der Waals surface area (Å²) < 4.78 is 0.646. The van der Waals surface area contributed by atoms with Crippen molar-refractivity contribution in [3.63, 3.8) is 0 Å². The van der Waals surface area contributed by atoms with E-state index in [1.165, 1.54) is 17.5 Å². The molecule has 8 heteroatoms. The second-order valence-electron chi connectivity index (χ2n) is 4.90. The monoisotopic (exact) mass is 324 g/mol. The zero-order valence-corrected chi connectivity index (χ0v) is 12.6. The van der Waals surface area contributed by atoms with E-state index in [1.807, 2.05) is 6.07 Å². The summed E-state index contributed by atoms with van der Waals surface area (Å²) in [5, 5.41) is 6.79. The highest BCUT2D eigenvalue weighted by Gasteiger charge is 2.31. The predicted octanol–water partition coefficient (Wildman–Crippen LogP) is 1.74. The molecular weight excluding hydrogens is 312 g/mol. The molecule has 110 valence electrons. The highest BCUT2D eigenvalue weighted by Crippen LogP contribution is 2.32. The molecule has 1 atom stereocenters. The number of amides is 2. The minimum atomic E-state index is -0.359. The van der Waals surface area contributed by atoms with Gasteiger partial charge in [0.25, 0.3) is 5.91 Å². The number of nitrogens with zero attached hydrogens (tertiary/aromatic N) is 2. The van der Waals surface area contributed by atoms with E-state index in [2.05, 4.69) is 10.2 Å². The van der Waals surface area contributed by atoms with E-state index in [1.54, 1.807) is 11.0 Å². The first-order chi connectivity index (χ1) is 10.1. The van der Waals surface area contributed by atoms with Crippen molar-refractivity contribution in [2.75, 3.05) is 13.1 Å². The average Bonchev–Trinajstić information content (AvgIpc) is 3.17. The lowest BCUT2D eigenvalue weighted by molar-refractivity contribution is -0.121. The maximum atomic E-state index is 12.6. The number of H-pyrrole nitrogens is 1. The van der Waals surface area contributed by atoms with Gasteiger partial charge in [0.1, 0.15) is 0 Å². The minimum Gasteiger partial charge on any atom is -0.369 e. The molecule has 3 rings (SSSR count). The van der Waals surface area contributed by atoms with E-state index in [9.17, 15) is 9.59 Å². The summed E-state index contributed by atoms with van der Waals surface area (Å²) in [7, 11) is 0. The molecule has 1 unspecified atom stereocenters. The Morgan fingerprint density at radius 1 is 1.48 bits per heavy atom. The number of carbonyl (C=O) groups excluding carboxylic acids is 2. The molecule has 1 fully saturated rings. The molecule has 0 aliphatic carbocycles. The third-order valence-corrected chi connectivity index (χ3v) is 4.82.